The fourth-order valence-electron chi connectivity index (χ4n) is 4.35. The number of amides is 1. The highest BCUT2D eigenvalue weighted by Gasteiger charge is 2.20. The van der Waals surface area contributed by atoms with E-state index in [1.54, 1.807) is 42.7 Å². The summed E-state index contributed by atoms with van der Waals surface area (Å²) in [5.41, 5.74) is 0.266. The van der Waals surface area contributed by atoms with E-state index in [-0.39, 0.29) is 22.2 Å². The van der Waals surface area contributed by atoms with E-state index >= 15 is 0 Å². The maximum Gasteiger partial charge on any atom is 0.262 e. The van der Waals surface area contributed by atoms with E-state index in [4.69, 9.17) is 4.74 Å². The molecule has 1 aromatic heterocycles. The number of nitrogens with one attached hydrogen (secondary N) is 2. The highest BCUT2D eigenvalue weighted by Crippen LogP contribution is 2.32. The summed E-state index contributed by atoms with van der Waals surface area (Å²) in [5, 5.41) is 2.88. The van der Waals surface area contributed by atoms with Crippen molar-refractivity contribution in [3.63, 3.8) is 0 Å². The number of rotatable bonds is 10. The number of nitrogens with zero attached hydrogens (tertiary/aromatic N) is 4. The van der Waals surface area contributed by atoms with Crippen LogP contribution in [-0.2, 0) is 10.0 Å². The Morgan fingerprint density at radius 3 is 2.33 bits per heavy atom. The Hall–Kier alpha value is -4.07. The Morgan fingerprint density at radius 2 is 1.64 bits per heavy atom. The Bertz CT molecular complexity index is 1620. The van der Waals surface area contributed by atoms with Crippen molar-refractivity contribution in [2.24, 2.45) is 0 Å². The topological polar surface area (TPSA) is 117 Å². The van der Waals surface area contributed by atoms with Gasteiger partial charge in [0.05, 0.1) is 10.6 Å². The van der Waals surface area contributed by atoms with Gasteiger partial charge < -0.3 is 15.0 Å². The minimum Gasteiger partial charge on any atom is -0.455 e. The fraction of sp³-hybridized carbons (Fsp3) is 0.207. The third-order valence-corrected chi connectivity index (χ3v) is 8.49. The second kappa shape index (κ2) is 13.3. The van der Waals surface area contributed by atoms with Crippen LogP contribution in [0, 0.1) is 5.82 Å². The maximum absolute atomic E-state index is 14.0. The first-order valence-electron chi connectivity index (χ1n) is 13.2. The number of piperazine rings is 1. The molecule has 2 N–H and O–H groups in total. The van der Waals surface area contributed by atoms with E-state index < -0.39 is 15.8 Å². The number of benzene rings is 3. The number of sulfonamides is 1. The fourth-order valence-corrected chi connectivity index (χ4v) is 5.67. The molecule has 4 aromatic rings. The summed E-state index contributed by atoms with van der Waals surface area (Å²) in [5.74, 6) is 0.364. The third kappa shape index (κ3) is 7.60. The molecular weight excluding hydrogens is 627 g/mol. The molecule has 3 aromatic carbocycles. The molecule has 1 aliphatic heterocycles. The highest BCUT2D eigenvalue weighted by atomic mass is 79.9. The minimum absolute atomic E-state index is 0.0585. The van der Waals surface area contributed by atoms with Crippen molar-refractivity contribution in [2.75, 3.05) is 48.9 Å². The Kier molecular flexibility index (Phi) is 9.30. The van der Waals surface area contributed by atoms with Crippen LogP contribution in [0.3, 0.4) is 0 Å². The average Bonchev–Trinajstić information content (AvgIpc) is 3.00. The van der Waals surface area contributed by atoms with Crippen LogP contribution in [0.1, 0.15) is 10.4 Å². The third-order valence-electron chi connectivity index (χ3n) is 6.58. The second-order valence-electron chi connectivity index (χ2n) is 9.46. The average molecular weight is 656 g/mol. The highest BCUT2D eigenvalue weighted by molar-refractivity contribution is 9.10. The van der Waals surface area contributed by atoms with Gasteiger partial charge in [-0.2, -0.15) is 0 Å². The summed E-state index contributed by atoms with van der Waals surface area (Å²) >= 11 is 3.34. The van der Waals surface area contributed by atoms with Gasteiger partial charge in [-0.25, -0.2) is 22.8 Å². The number of carbonyl (C=O) groups is 1. The Morgan fingerprint density at radius 1 is 0.952 bits per heavy atom. The molecule has 5 rings (SSSR count). The molecule has 42 heavy (non-hydrogen) atoms. The number of halogens is 2. The van der Waals surface area contributed by atoms with Crippen molar-refractivity contribution in [3.8, 4) is 11.5 Å². The van der Waals surface area contributed by atoms with E-state index in [0.29, 0.717) is 24.4 Å². The van der Waals surface area contributed by atoms with E-state index in [9.17, 15) is 17.6 Å². The molecule has 13 heteroatoms. The van der Waals surface area contributed by atoms with Crippen LogP contribution < -0.4 is 19.7 Å². The lowest BCUT2D eigenvalue weighted by Gasteiger charge is -2.34. The van der Waals surface area contributed by atoms with Gasteiger partial charge in [0, 0.05) is 67.8 Å². The smallest absolute Gasteiger partial charge is 0.262 e. The Labute approximate surface area is 251 Å². The molecule has 1 saturated heterocycles. The van der Waals surface area contributed by atoms with Crippen LogP contribution >= 0.6 is 15.9 Å². The zero-order chi connectivity index (χ0) is 29.5. The van der Waals surface area contributed by atoms with Crippen molar-refractivity contribution in [1.82, 2.24) is 20.2 Å². The van der Waals surface area contributed by atoms with Gasteiger partial charge in [-0.05, 0) is 66.7 Å². The SMILES string of the molecule is O=C(NCCN1CCN(c2ncccn2)CC1)c1ccc(S(=O)(=O)Nc2cc(F)ccc2Oc2ccc(Br)cc2)cc1. The predicted octanol–water partition coefficient (Wildman–Crippen LogP) is 4.52. The second-order valence-corrected chi connectivity index (χ2v) is 12.1. The van der Waals surface area contributed by atoms with Crippen LogP contribution in [0.5, 0.6) is 11.5 Å². The molecule has 0 aliphatic carbocycles. The standard InChI is InChI=1S/C29H28BrFN6O4S/c30-22-4-7-24(8-5-22)41-27-11-6-23(31)20-26(27)35-42(39,40)25-9-2-21(3-10-25)28(38)32-14-15-36-16-18-37(19-17-36)29-33-12-1-13-34-29/h1-13,20,35H,14-19H2,(H,32,38). The van der Waals surface area contributed by atoms with Gasteiger partial charge >= 0.3 is 0 Å². The molecule has 1 aliphatic rings. The van der Waals surface area contributed by atoms with Crippen molar-refractivity contribution in [3.05, 3.63) is 101 Å². The number of hydrogen-bond acceptors (Lipinski definition) is 8. The minimum atomic E-state index is -4.11. The first-order chi connectivity index (χ1) is 20.3. The van der Waals surface area contributed by atoms with E-state index in [1.165, 1.54) is 36.4 Å². The first kappa shape index (κ1) is 29.4. The van der Waals surface area contributed by atoms with Gasteiger partial charge in [-0.3, -0.25) is 14.4 Å². The number of anilines is 2. The van der Waals surface area contributed by atoms with Crippen molar-refractivity contribution < 1.29 is 22.3 Å². The van der Waals surface area contributed by atoms with Gasteiger partial charge in [-0.1, -0.05) is 15.9 Å². The molecule has 0 saturated carbocycles. The number of carbonyl (C=O) groups excluding carboxylic acids is 1. The number of aromatic nitrogens is 2. The molecule has 0 spiro atoms. The van der Waals surface area contributed by atoms with E-state index in [1.807, 2.05) is 0 Å². The van der Waals surface area contributed by atoms with E-state index in [0.717, 1.165) is 42.7 Å². The van der Waals surface area contributed by atoms with Gasteiger partial charge in [-0.15, -0.1) is 0 Å². The molecule has 0 unspecified atom stereocenters. The summed E-state index contributed by atoms with van der Waals surface area (Å²) in [7, 11) is -4.11. The molecule has 2 heterocycles. The van der Waals surface area contributed by atoms with Gasteiger partial charge in [0.1, 0.15) is 11.6 Å². The molecule has 0 bridgehead atoms. The van der Waals surface area contributed by atoms with Crippen LogP contribution in [0.15, 0.2) is 94.6 Å². The monoisotopic (exact) mass is 654 g/mol. The number of hydrogen-bond donors (Lipinski definition) is 2. The summed E-state index contributed by atoms with van der Waals surface area (Å²) in [6.45, 7) is 4.39. The molecule has 0 radical (unpaired) electrons. The Balaban J connectivity index is 1.14. The van der Waals surface area contributed by atoms with Crippen molar-refractivity contribution in [1.29, 1.82) is 0 Å². The van der Waals surface area contributed by atoms with Crippen molar-refractivity contribution >= 4 is 43.5 Å². The summed E-state index contributed by atoms with van der Waals surface area (Å²) < 4.78 is 49.2. The largest absolute Gasteiger partial charge is 0.455 e. The summed E-state index contributed by atoms with van der Waals surface area (Å²) in [6, 6.07) is 17.8. The van der Waals surface area contributed by atoms with Gasteiger partial charge in [0.2, 0.25) is 5.95 Å². The lowest BCUT2D eigenvalue weighted by atomic mass is 10.2. The first-order valence-corrected chi connectivity index (χ1v) is 15.4. The van der Waals surface area contributed by atoms with Crippen LogP contribution in [0.25, 0.3) is 0 Å². The van der Waals surface area contributed by atoms with Crippen molar-refractivity contribution in [2.45, 2.75) is 4.90 Å². The lowest BCUT2D eigenvalue weighted by Crippen LogP contribution is -2.49. The molecule has 10 nitrogen and oxygen atoms in total. The number of ether oxygens (including phenoxy) is 1. The molecule has 218 valence electrons. The van der Waals surface area contributed by atoms with Gasteiger partial charge in [0.25, 0.3) is 15.9 Å². The molecular formula is C29H28BrFN6O4S. The van der Waals surface area contributed by atoms with E-state index in [2.05, 4.69) is 45.7 Å². The maximum atomic E-state index is 14.0. The summed E-state index contributed by atoms with van der Waals surface area (Å²) in [4.78, 5) is 25.5. The molecule has 0 atom stereocenters. The van der Waals surface area contributed by atoms with Crippen LogP contribution in [0.2, 0.25) is 0 Å². The normalized spacial score (nSPS) is 13.9. The van der Waals surface area contributed by atoms with Crippen LogP contribution in [-0.4, -0.2) is 68.5 Å². The quantitative estimate of drug-likeness (QED) is 0.256. The predicted molar refractivity (Wildman–Crippen MR) is 161 cm³/mol. The van der Waals surface area contributed by atoms with Gasteiger partial charge in [0.15, 0.2) is 5.75 Å². The lowest BCUT2D eigenvalue weighted by molar-refractivity contribution is 0.0947. The molecule has 1 fully saturated rings. The zero-order valence-electron chi connectivity index (χ0n) is 22.4. The zero-order valence-corrected chi connectivity index (χ0v) is 24.8. The molecule has 1 amide bonds. The van der Waals surface area contributed by atoms with Crippen LogP contribution in [0.4, 0.5) is 16.0 Å². The summed E-state index contributed by atoms with van der Waals surface area (Å²) in [6.07, 6.45) is 3.45.